The normalized spacial score (nSPS) is 10.1. The fraction of sp³-hybridized carbons (Fsp3) is 0.188. The van der Waals surface area contributed by atoms with Crippen molar-refractivity contribution in [3.63, 3.8) is 0 Å². The Morgan fingerprint density at radius 1 is 1.09 bits per heavy atom. The molecule has 7 nitrogen and oxygen atoms in total. The van der Waals surface area contributed by atoms with Gasteiger partial charge in [-0.15, -0.1) is 0 Å². The van der Waals surface area contributed by atoms with Gasteiger partial charge in [-0.3, -0.25) is 15.5 Å². The Morgan fingerprint density at radius 2 is 1.70 bits per heavy atom. The zero-order chi connectivity index (χ0) is 16.7. The van der Waals surface area contributed by atoms with Crippen molar-refractivity contribution in [3.8, 4) is 11.5 Å². The van der Waals surface area contributed by atoms with E-state index in [2.05, 4.69) is 0 Å². The first kappa shape index (κ1) is 16.3. The quantitative estimate of drug-likeness (QED) is 0.256. The van der Waals surface area contributed by atoms with Crippen LogP contribution in [0.15, 0.2) is 48.5 Å². The molecular weight excluding hydrogens is 298 g/mol. The summed E-state index contributed by atoms with van der Waals surface area (Å²) in [5, 5.41) is 18.0. The van der Waals surface area contributed by atoms with E-state index in [1.54, 1.807) is 36.4 Å². The largest absolute Gasteiger partial charge is 0.493 e. The highest BCUT2D eigenvalue weighted by atomic mass is 16.6. The molecular formula is C16H17N3O4. The van der Waals surface area contributed by atoms with Crippen molar-refractivity contribution < 1.29 is 14.4 Å². The van der Waals surface area contributed by atoms with Crippen LogP contribution in [0.2, 0.25) is 0 Å². The van der Waals surface area contributed by atoms with Crippen LogP contribution in [0.5, 0.6) is 11.5 Å². The first-order valence-corrected chi connectivity index (χ1v) is 7.01. The highest BCUT2D eigenvalue weighted by molar-refractivity contribution is 5.95. The third-order valence-electron chi connectivity index (χ3n) is 3.00. The molecule has 0 aliphatic heterocycles. The van der Waals surface area contributed by atoms with Gasteiger partial charge in [0.05, 0.1) is 24.2 Å². The Balaban J connectivity index is 1.76. The molecule has 0 aliphatic rings. The smallest absolute Gasteiger partial charge is 0.273 e. The number of nitrogens with zero attached hydrogens (tertiary/aromatic N) is 1. The van der Waals surface area contributed by atoms with Crippen LogP contribution in [0, 0.1) is 15.5 Å². The van der Waals surface area contributed by atoms with Crippen molar-refractivity contribution in [2.75, 3.05) is 13.2 Å². The molecule has 23 heavy (non-hydrogen) atoms. The number of rotatable bonds is 8. The Morgan fingerprint density at radius 3 is 2.30 bits per heavy atom. The molecule has 7 heteroatoms. The minimum absolute atomic E-state index is 0.000187. The standard InChI is InChI=1S/C16H17N3O4/c17-16(18)12-4-1-6-14(10-12)22-8-3-9-23-15-7-2-5-13(11-15)19(20)21/h1-2,4-7,10-11H,3,8-9H2,(H3,17,18). The lowest BCUT2D eigenvalue weighted by Crippen LogP contribution is -2.11. The van der Waals surface area contributed by atoms with Crippen molar-refractivity contribution in [2.24, 2.45) is 5.73 Å². The molecule has 2 rings (SSSR count). The highest BCUT2D eigenvalue weighted by Crippen LogP contribution is 2.19. The van der Waals surface area contributed by atoms with Crippen LogP contribution in [-0.2, 0) is 0 Å². The van der Waals surface area contributed by atoms with Gasteiger partial charge in [-0.2, -0.15) is 0 Å². The molecule has 0 atom stereocenters. The lowest BCUT2D eigenvalue weighted by atomic mass is 10.2. The molecule has 0 fully saturated rings. The van der Waals surface area contributed by atoms with E-state index in [1.165, 1.54) is 12.1 Å². The van der Waals surface area contributed by atoms with E-state index in [-0.39, 0.29) is 11.5 Å². The van der Waals surface area contributed by atoms with Gasteiger partial charge < -0.3 is 15.2 Å². The van der Waals surface area contributed by atoms with Gasteiger partial charge in [0.25, 0.3) is 5.69 Å². The number of nitro benzene ring substituents is 1. The summed E-state index contributed by atoms with van der Waals surface area (Å²) in [4.78, 5) is 10.2. The maximum atomic E-state index is 10.7. The summed E-state index contributed by atoms with van der Waals surface area (Å²) in [7, 11) is 0. The van der Waals surface area contributed by atoms with Crippen molar-refractivity contribution in [1.29, 1.82) is 5.41 Å². The summed E-state index contributed by atoms with van der Waals surface area (Å²) >= 11 is 0. The Hall–Kier alpha value is -3.09. The van der Waals surface area contributed by atoms with Gasteiger partial charge in [0.2, 0.25) is 0 Å². The Kier molecular flexibility index (Phi) is 5.51. The number of hydrogen-bond acceptors (Lipinski definition) is 5. The van der Waals surface area contributed by atoms with E-state index >= 15 is 0 Å². The number of hydrogen-bond donors (Lipinski definition) is 2. The highest BCUT2D eigenvalue weighted by Gasteiger charge is 2.06. The molecule has 2 aromatic carbocycles. The molecule has 0 aliphatic carbocycles. The minimum atomic E-state index is -0.460. The lowest BCUT2D eigenvalue weighted by molar-refractivity contribution is -0.384. The first-order valence-electron chi connectivity index (χ1n) is 7.01. The van der Waals surface area contributed by atoms with Gasteiger partial charge in [0, 0.05) is 18.1 Å². The van der Waals surface area contributed by atoms with Crippen LogP contribution in [0.1, 0.15) is 12.0 Å². The van der Waals surface area contributed by atoms with Crippen molar-refractivity contribution in [1.82, 2.24) is 0 Å². The first-order chi connectivity index (χ1) is 11.1. The van der Waals surface area contributed by atoms with Crippen molar-refractivity contribution in [2.45, 2.75) is 6.42 Å². The van der Waals surface area contributed by atoms with Crippen LogP contribution in [0.3, 0.4) is 0 Å². The third-order valence-corrected chi connectivity index (χ3v) is 3.00. The molecule has 0 saturated carbocycles. The topological polar surface area (TPSA) is 111 Å². The van der Waals surface area contributed by atoms with E-state index in [0.717, 1.165) is 0 Å². The molecule has 3 N–H and O–H groups in total. The van der Waals surface area contributed by atoms with Gasteiger partial charge in [0.1, 0.15) is 17.3 Å². The summed E-state index contributed by atoms with van der Waals surface area (Å²) in [5.41, 5.74) is 6.02. The molecule has 0 bridgehead atoms. The van der Waals surface area contributed by atoms with Crippen molar-refractivity contribution in [3.05, 3.63) is 64.2 Å². The SMILES string of the molecule is N=C(N)c1cccc(OCCCOc2cccc([N+](=O)[O-])c2)c1. The van der Waals surface area contributed by atoms with Gasteiger partial charge in [-0.05, 0) is 18.2 Å². The van der Waals surface area contributed by atoms with Gasteiger partial charge in [-0.25, -0.2) is 0 Å². The monoisotopic (exact) mass is 315 g/mol. The Labute approximate surface area is 133 Å². The zero-order valence-electron chi connectivity index (χ0n) is 12.4. The minimum Gasteiger partial charge on any atom is -0.493 e. The molecule has 0 aromatic heterocycles. The van der Waals surface area contributed by atoms with Crippen molar-refractivity contribution >= 4 is 11.5 Å². The van der Waals surface area contributed by atoms with Gasteiger partial charge in [0.15, 0.2) is 0 Å². The second-order valence-corrected chi connectivity index (χ2v) is 4.75. The molecule has 0 heterocycles. The maximum Gasteiger partial charge on any atom is 0.273 e. The number of nitro groups is 1. The number of benzene rings is 2. The molecule has 0 spiro atoms. The summed E-state index contributed by atoms with van der Waals surface area (Å²) in [6.07, 6.45) is 0.618. The average molecular weight is 315 g/mol. The molecule has 0 radical (unpaired) electrons. The number of nitrogens with two attached hydrogens (primary N) is 1. The zero-order valence-corrected chi connectivity index (χ0v) is 12.4. The maximum absolute atomic E-state index is 10.7. The van der Waals surface area contributed by atoms with E-state index in [0.29, 0.717) is 36.7 Å². The van der Waals surface area contributed by atoms with Crippen LogP contribution in [0.4, 0.5) is 5.69 Å². The fourth-order valence-electron chi connectivity index (χ4n) is 1.88. The lowest BCUT2D eigenvalue weighted by Gasteiger charge is -2.09. The summed E-state index contributed by atoms with van der Waals surface area (Å²) in [6.45, 7) is 0.809. The summed E-state index contributed by atoms with van der Waals surface area (Å²) in [5.74, 6) is 1.08. The fourth-order valence-corrected chi connectivity index (χ4v) is 1.88. The van der Waals surface area contributed by atoms with E-state index in [9.17, 15) is 10.1 Å². The predicted octanol–water partition coefficient (Wildman–Crippen LogP) is 2.73. The third kappa shape index (κ3) is 4.99. The van der Waals surface area contributed by atoms with Crippen LogP contribution in [0.25, 0.3) is 0 Å². The average Bonchev–Trinajstić information content (AvgIpc) is 2.55. The number of amidine groups is 1. The predicted molar refractivity (Wildman–Crippen MR) is 86.2 cm³/mol. The van der Waals surface area contributed by atoms with Crippen LogP contribution < -0.4 is 15.2 Å². The van der Waals surface area contributed by atoms with Gasteiger partial charge >= 0.3 is 0 Å². The molecule has 120 valence electrons. The number of ether oxygens (including phenoxy) is 2. The number of nitrogens with one attached hydrogen (secondary N) is 1. The second kappa shape index (κ2) is 7.79. The van der Waals surface area contributed by atoms with Crippen LogP contribution >= 0.6 is 0 Å². The Bertz CT molecular complexity index is 644. The molecule has 0 saturated heterocycles. The number of non-ortho nitro benzene ring substituents is 1. The summed E-state index contributed by atoms with van der Waals surface area (Å²) in [6, 6.07) is 13.0. The van der Waals surface area contributed by atoms with E-state index < -0.39 is 4.92 Å². The molecule has 0 unspecified atom stereocenters. The molecule has 2 aromatic rings. The van der Waals surface area contributed by atoms with E-state index in [1.807, 2.05) is 0 Å². The van der Waals surface area contributed by atoms with Crippen LogP contribution in [-0.4, -0.2) is 24.0 Å². The molecule has 0 amide bonds. The number of nitrogen functional groups attached to an aromatic ring is 1. The second-order valence-electron chi connectivity index (χ2n) is 4.75. The summed E-state index contributed by atoms with van der Waals surface area (Å²) < 4.78 is 11.0. The van der Waals surface area contributed by atoms with Gasteiger partial charge in [-0.1, -0.05) is 18.2 Å². The van der Waals surface area contributed by atoms with E-state index in [4.69, 9.17) is 20.6 Å².